The summed E-state index contributed by atoms with van der Waals surface area (Å²) < 4.78 is 27.2. The summed E-state index contributed by atoms with van der Waals surface area (Å²) >= 11 is 1.25. The van der Waals surface area contributed by atoms with Crippen LogP contribution in [0.15, 0.2) is 58.1 Å². The molecule has 136 valence electrons. The van der Waals surface area contributed by atoms with E-state index in [4.69, 9.17) is 0 Å². The van der Waals surface area contributed by atoms with E-state index in [9.17, 15) is 13.5 Å². The van der Waals surface area contributed by atoms with Gasteiger partial charge in [-0.15, -0.1) is 11.3 Å². The average molecular weight is 389 g/mol. The third kappa shape index (κ3) is 3.23. The van der Waals surface area contributed by atoms with Gasteiger partial charge in [-0.25, -0.2) is 8.42 Å². The van der Waals surface area contributed by atoms with Crippen molar-refractivity contribution in [1.82, 2.24) is 9.21 Å². The second-order valence-electron chi connectivity index (χ2n) is 6.40. The standard InChI is InChI=1S/C19H20N2O3S2/c22-18-8-7-15-4-1-2-5-16(15)17(18)14-20-9-11-21(12-10-20)26(23,24)19-6-3-13-25-19/h1-8,13,22H,9-12,14H2. The maximum Gasteiger partial charge on any atom is 0.252 e. The number of benzene rings is 2. The molecule has 4 rings (SSSR count). The van der Waals surface area contributed by atoms with Gasteiger partial charge in [-0.1, -0.05) is 36.4 Å². The van der Waals surface area contributed by atoms with Gasteiger partial charge in [0.2, 0.25) is 0 Å². The third-order valence-electron chi connectivity index (χ3n) is 4.82. The zero-order chi connectivity index (χ0) is 18.1. The van der Waals surface area contributed by atoms with E-state index in [0.29, 0.717) is 36.9 Å². The van der Waals surface area contributed by atoms with Crippen LogP contribution in [0.1, 0.15) is 5.56 Å². The number of sulfonamides is 1. The molecule has 2 heterocycles. The number of rotatable bonds is 4. The van der Waals surface area contributed by atoms with Crippen LogP contribution in [0.5, 0.6) is 5.75 Å². The summed E-state index contributed by atoms with van der Waals surface area (Å²) in [5.74, 6) is 0.289. The van der Waals surface area contributed by atoms with Gasteiger partial charge in [-0.3, -0.25) is 4.90 Å². The molecule has 0 aliphatic carbocycles. The fourth-order valence-electron chi connectivity index (χ4n) is 3.38. The molecule has 0 unspecified atom stereocenters. The first-order valence-electron chi connectivity index (χ1n) is 8.51. The Labute approximate surface area is 157 Å². The fourth-order valence-corrected chi connectivity index (χ4v) is 5.95. The predicted octanol–water partition coefficient (Wildman–Crippen LogP) is 3.11. The van der Waals surface area contributed by atoms with Crippen LogP contribution in [0.4, 0.5) is 0 Å². The quantitative estimate of drug-likeness (QED) is 0.746. The van der Waals surface area contributed by atoms with Crippen LogP contribution in [-0.2, 0) is 16.6 Å². The van der Waals surface area contributed by atoms with Gasteiger partial charge in [0.15, 0.2) is 0 Å². The molecule has 5 nitrogen and oxygen atoms in total. The molecule has 1 aliphatic rings. The van der Waals surface area contributed by atoms with E-state index in [0.717, 1.165) is 16.3 Å². The first-order valence-corrected chi connectivity index (χ1v) is 10.8. The van der Waals surface area contributed by atoms with Crippen molar-refractivity contribution in [3.8, 4) is 5.75 Å². The van der Waals surface area contributed by atoms with Crippen LogP contribution in [0.3, 0.4) is 0 Å². The minimum absolute atomic E-state index is 0.289. The van der Waals surface area contributed by atoms with Crippen LogP contribution >= 0.6 is 11.3 Å². The van der Waals surface area contributed by atoms with E-state index in [1.54, 1.807) is 27.9 Å². The lowest BCUT2D eigenvalue weighted by Gasteiger charge is -2.34. The number of aromatic hydroxyl groups is 1. The number of thiophene rings is 1. The van der Waals surface area contributed by atoms with Crippen molar-refractivity contribution in [2.45, 2.75) is 10.8 Å². The predicted molar refractivity (Wildman–Crippen MR) is 104 cm³/mol. The lowest BCUT2D eigenvalue weighted by atomic mass is 10.0. The van der Waals surface area contributed by atoms with Crippen LogP contribution in [0, 0.1) is 0 Å². The molecule has 3 aromatic rings. The van der Waals surface area contributed by atoms with Crippen LogP contribution in [0.25, 0.3) is 10.8 Å². The number of fused-ring (bicyclic) bond motifs is 1. The van der Waals surface area contributed by atoms with Crippen LogP contribution in [-0.4, -0.2) is 48.9 Å². The summed E-state index contributed by atoms with van der Waals surface area (Å²) in [6.45, 7) is 2.83. The molecule has 0 saturated carbocycles. The van der Waals surface area contributed by atoms with E-state index >= 15 is 0 Å². The zero-order valence-corrected chi connectivity index (χ0v) is 15.8. The Morgan fingerprint density at radius 3 is 2.46 bits per heavy atom. The maximum atomic E-state index is 12.6. The van der Waals surface area contributed by atoms with Gasteiger partial charge in [-0.05, 0) is 28.3 Å². The molecule has 1 fully saturated rings. The molecule has 0 amide bonds. The van der Waals surface area contributed by atoms with Crippen molar-refractivity contribution in [2.24, 2.45) is 0 Å². The highest BCUT2D eigenvalue weighted by Gasteiger charge is 2.29. The van der Waals surface area contributed by atoms with Gasteiger partial charge in [0.25, 0.3) is 10.0 Å². The zero-order valence-electron chi connectivity index (χ0n) is 14.2. The second kappa shape index (κ2) is 7.00. The van der Waals surface area contributed by atoms with E-state index in [2.05, 4.69) is 4.90 Å². The lowest BCUT2D eigenvalue weighted by molar-refractivity contribution is 0.181. The average Bonchev–Trinajstić information content (AvgIpc) is 3.20. The smallest absolute Gasteiger partial charge is 0.252 e. The highest BCUT2D eigenvalue weighted by atomic mass is 32.2. The Morgan fingerprint density at radius 2 is 1.73 bits per heavy atom. The Kier molecular flexibility index (Phi) is 4.71. The summed E-state index contributed by atoms with van der Waals surface area (Å²) in [6.07, 6.45) is 0. The largest absolute Gasteiger partial charge is 0.508 e. The Hall–Kier alpha value is -1.93. The van der Waals surface area contributed by atoms with E-state index < -0.39 is 10.0 Å². The molecule has 0 radical (unpaired) electrons. The minimum atomic E-state index is -3.38. The molecule has 0 atom stereocenters. The van der Waals surface area contributed by atoms with Crippen molar-refractivity contribution < 1.29 is 13.5 Å². The summed E-state index contributed by atoms with van der Waals surface area (Å²) in [5.41, 5.74) is 0.901. The minimum Gasteiger partial charge on any atom is -0.508 e. The summed E-state index contributed by atoms with van der Waals surface area (Å²) in [4.78, 5) is 2.20. The molecule has 1 aliphatic heterocycles. The van der Waals surface area contributed by atoms with Crippen LogP contribution < -0.4 is 0 Å². The molecule has 0 spiro atoms. The molecule has 0 bridgehead atoms. The number of nitrogens with zero attached hydrogens (tertiary/aromatic N) is 2. The van der Waals surface area contributed by atoms with Crippen molar-refractivity contribution in [3.05, 3.63) is 59.5 Å². The third-order valence-corrected chi connectivity index (χ3v) is 8.09. The Bertz CT molecular complexity index is 1010. The number of hydrogen-bond acceptors (Lipinski definition) is 5. The fraction of sp³-hybridized carbons (Fsp3) is 0.263. The molecule has 2 aromatic carbocycles. The van der Waals surface area contributed by atoms with E-state index in [-0.39, 0.29) is 5.75 Å². The molecular weight excluding hydrogens is 368 g/mol. The normalized spacial score (nSPS) is 16.9. The van der Waals surface area contributed by atoms with Crippen molar-refractivity contribution in [1.29, 1.82) is 0 Å². The van der Waals surface area contributed by atoms with Gasteiger partial charge in [0.05, 0.1) is 0 Å². The van der Waals surface area contributed by atoms with Crippen molar-refractivity contribution in [2.75, 3.05) is 26.2 Å². The highest BCUT2D eigenvalue weighted by molar-refractivity contribution is 7.91. The van der Waals surface area contributed by atoms with Gasteiger partial charge < -0.3 is 5.11 Å². The Morgan fingerprint density at radius 1 is 0.962 bits per heavy atom. The Balaban J connectivity index is 1.49. The first-order chi connectivity index (χ1) is 12.6. The molecule has 1 N–H and O–H groups in total. The van der Waals surface area contributed by atoms with Crippen molar-refractivity contribution >= 4 is 32.1 Å². The lowest BCUT2D eigenvalue weighted by Crippen LogP contribution is -2.48. The van der Waals surface area contributed by atoms with Crippen LogP contribution in [0.2, 0.25) is 0 Å². The number of phenolic OH excluding ortho intramolecular Hbond substituents is 1. The molecule has 1 aromatic heterocycles. The van der Waals surface area contributed by atoms with Crippen molar-refractivity contribution in [3.63, 3.8) is 0 Å². The first kappa shape index (κ1) is 17.5. The van der Waals surface area contributed by atoms with E-state index in [1.807, 2.05) is 30.3 Å². The molecular formula is C19H20N2O3S2. The molecule has 26 heavy (non-hydrogen) atoms. The van der Waals surface area contributed by atoms with Gasteiger partial charge in [-0.2, -0.15) is 4.31 Å². The SMILES string of the molecule is O=S(=O)(c1cccs1)N1CCN(Cc2c(O)ccc3ccccc23)CC1. The van der Waals surface area contributed by atoms with Gasteiger partial charge >= 0.3 is 0 Å². The van der Waals surface area contributed by atoms with Gasteiger partial charge in [0.1, 0.15) is 9.96 Å². The number of piperazine rings is 1. The molecule has 1 saturated heterocycles. The topological polar surface area (TPSA) is 60.9 Å². The summed E-state index contributed by atoms with van der Waals surface area (Å²) in [5, 5.41) is 14.2. The second-order valence-corrected chi connectivity index (χ2v) is 9.51. The van der Waals surface area contributed by atoms with E-state index in [1.165, 1.54) is 11.3 Å². The number of phenols is 1. The monoisotopic (exact) mass is 388 g/mol. The van der Waals surface area contributed by atoms with Gasteiger partial charge in [0, 0.05) is 38.3 Å². The highest BCUT2D eigenvalue weighted by Crippen LogP contribution is 2.29. The summed E-state index contributed by atoms with van der Waals surface area (Å²) in [7, 11) is -3.38. The number of hydrogen-bond donors (Lipinski definition) is 1. The molecule has 7 heteroatoms. The maximum absolute atomic E-state index is 12.6. The summed E-state index contributed by atoms with van der Waals surface area (Å²) in [6, 6.07) is 15.1.